The molecular weight excluding hydrogens is 189 g/mol. The summed E-state index contributed by atoms with van der Waals surface area (Å²) in [6.07, 6.45) is 0. The van der Waals surface area contributed by atoms with Crippen molar-refractivity contribution < 1.29 is 9.53 Å². The third kappa shape index (κ3) is 2.32. The largest absolute Gasteiger partial charge is 0.465 e. The van der Waals surface area contributed by atoms with Gasteiger partial charge in [0.05, 0.1) is 12.7 Å². The number of nitrogens with one attached hydrogen (secondary N) is 1. The number of benzene rings is 1. The maximum atomic E-state index is 11.5. The summed E-state index contributed by atoms with van der Waals surface area (Å²) >= 11 is 0. The Morgan fingerprint density at radius 2 is 2.13 bits per heavy atom. The monoisotopic (exact) mass is 204 g/mol. The van der Waals surface area contributed by atoms with Crippen LogP contribution in [0.3, 0.4) is 0 Å². The highest BCUT2D eigenvalue weighted by molar-refractivity contribution is 6.52. The fourth-order valence-corrected chi connectivity index (χ4v) is 1.48. The van der Waals surface area contributed by atoms with Gasteiger partial charge < -0.3 is 10.1 Å². The van der Waals surface area contributed by atoms with Crippen LogP contribution in [-0.2, 0) is 4.74 Å². The van der Waals surface area contributed by atoms with Crippen LogP contribution in [0, 0.1) is 6.92 Å². The Kier molecular flexibility index (Phi) is 3.77. The van der Waals surface area contributed by atoms with Gasteiger partial charge in [-0.2, -0.15) is 0 Å². The third-order valence-electron chi connectivity index (χ3n) is 2.44. The summed E-state index contributed by atoms with van der Waals surface area (Å²) in [6, 6.07) is 3.84. The van der Waals surface area contributed by atoms with Gasteiger partial charge in [0.2, 0.25) is 0 Å². The van der Waals surface area contributed by atoms with Crippen LogP contribution in [0.1, 0.15) is 15.9 Å². The summed E-state index contributed by atoms with van der Waals surface area (Å²) < 4.78 is 4.74. The molecule has 0 saturated heterocycles. The van der Waals surface area contributed by atoms with Gasteiger partial charge in [-0.05, 0) is 18.6 Å². The molecule has 0 aliphatic carbocycles. The summed E-state index contributed by atoms with van der Waals surface area (Å²) in [4.78, 5) is 11.5. The van der Waals surface area contributed by atoms with Crippen molar-refractivity contribution in [3.63, 3.8) is 0 Å². The van der Waals surface area contributed by atoms with Crippen LogP contribution in [0.15, 0.2) is 12.1 Å². The summed E-state index contributed by atoms with van der Waals surface area (Å²) in [7, 11) is 5.18. The normalized spacial score (nSPS) is 9.60. The van der Waals surface area contributed by atoms with Crippen LogP contribution in [0.2, 0.25) is 6.82 Å². The molecule has 1 aromatic rings. The second-order valence-electron chi connectivity index (χ2n) is 3.27. The van der Waals surface area contributed by atoms with Crippen LogP contribution in [0.4, 0.5) is 5.69 Å². The summed E-state index contributed by atoms with van der Waals surface area (Å²) in [5, 5.41) is 3.06. The number of methoxy groups -OCH3 is 1. The molecule has 0 aliphatic heterocycles. The molecule has 0 bridgehead atoms. The lowest BCUT2D eigenvalue weighted by molar-refractivity contribution is 0.0600. The molecule has 0 amide bonds. The highest BCUT2D eigenvalue weighted by Gasteiger charge is 2.13. The van der Waals surface area contributed by atoms with Crippen LogP contribution in [0.5, 0.6) is 0 Å². The maximum absolute atomic E-state index is 11.5. The zero-order chi connectivity index (χ0) is 11.4. The molecule has 0 spiro atoms. The molecule has 1 radical (unpaired) electrons. The first-order valence-electron chi connectivity index (χ1n) is 4.84. The minimum absolute atomic E-state index is 0.298. The average Bonchev–Trinajstić information content (AvgIpc) is 2.28. The molecule has 0 heterocycles. The molecule has 1 aromatic carbocycles. The van der Waals surface area contributed by atoms with E-state index in [0.29, 0.717) is 5.56 Å². The van der Waals surface area contributed by atoms with Crippen molar-refractivity contribution >= 4 is 24.4 Å². The predicted octanol–water partition coefficient (Wildman–Crippen LogP) is 1.20. The van der Waals surface area contributed by atoms with Gasteiger partial charge in [0, 0.05) is 12.7 Å². The molecule has 3 nitrogen and oxygen atoms in total. The van der Waals surface area contributed by atoms with Crippen LogP contribution in [-0.4, -0.2) is 27.4 Å². The second kappa shape index (κ2) is 4.87. The molecule has 0 atom stereocenters. The zero-order valence-corrected chi connectivity index (χ0v) is 9.55. The Balaban J connectivity index is 3.30. The Labute approximate surface area is 91.1 Å². The van der Waals surface area contributed by atoms with E-state index in [2.05, 4.69) is 5.32 Å². The van der Waals surface area contributed by atoms with Gasteiger partial charge in [0.25, 0.3) is 0 Å². The lowest BCUT2D eigenvalue weighted by Gasteiger charge is -2.12. The predicted molar refractivity (Wildman–Crippen MR) is 63.3 cm³/mol. The second-order valence-corrected chi connectivity index (χ2v) is 3.27. The molecule has 0 aliphatic rings. The standard InChI is InChI=1S/C11H15BNO2/c1-7-9(11(14)15-4)5-8(12-2)6-10(7)13-3/h5-6,13H,1-4H3. The van der Waals surface area contributed by atoms with Gasteiger partial charge in [-0.1, -0.05) is 18.4 Å². The highest BCUT2D eigenvalue weighted by atomic mass is 16.5. The molecule has 1 rings (SSSR count). The van der Waals surface area contributed by atoms with Crippen molar-refractivity contribution in [2.24, 2.45) is 0 Å². The van der Waals surface area contributed by atoms with Gasteiger partial charge in [-0.3, -0.25) is 0 Å². The van der Waals surface area contributed by atoms with Gasteiger partial charge in [-0.25, -0.2) is 4.79 Å². The van der Waals surface area contributed by atoms with E-state index in [1.165, 1.54) is 7.11 Å². The summed E-state index contributed by atoms with van der Waals surface area (Å²) in [5.41, 5.74) is 3.48. The van der Waals surface area contributed by atoms with Crippen molar-refractivity contribution in [1.82, 2.24) is 0 Å². The Morgan fingerprint density at radius 3 is 2.60 bits per heavy atom. The van der Waals surface area contributed by atoms with Crippen molar-refractivity contribution in [2.45, 2.75) is 13.7 Å². The number of carbonyl (C=O) groups is 1. The van der Waals surface area contributed by atoms with E-state index in [-0.39, 0.29) is 5.97 Å². The smallest absolute Gasteiger partial charge is 0.338 e. The number of carbonyl (C=O) groups excluding carboxylic acids is 1. The Bertz CT molecular complexity index is 377. The first kappa shape index (κ1) is 11.6. The van der Waals surface area contributed by atoms with E-state index in [0.717, 1.165) is 16.7 Å². The number of anilines is 1. The van der Waals surface area contributed by atoms with Crippen LogP contribution >= 0.6 is 0 Å². The van der Waals surface area contributed by atoms with Crippen molar-refractivity contribution in [1.29, 1.82) is 0 Å². The van der Waals surface area contributed by atoms with Gasteiger partial charge >= 0.3 is 5.97 Å². The van der Waals surface area contributed by atoms with E-state index in [4.69, 9.17) is 4.74 Å². The molecule has 0 unspecified atom stereocenters. The van der Waals surface area contributed by atoms with Gasteiger partial charge in [0.15, 0.2) is 0 Å². The SMILES string of the molecule is C[B]c1cc(NC)c(C)c(C(=O)OC)c1. The van der Waals surface area contributed by atoms with E-state index < -0.39 is 0 Å². The van der Waals surface area contributed by atoms with Gasteiger partial charge in [0.1, 0.15) is 7.28 Å². The molecule has 4 heteroatoms. The quantitative estimate of drug-likeness (QED) is 0.593. The molecule has 1 N–H and O–H groups in total. The van der Waals surface area contributed by atoms with Crippen molar-refractivity contribution in [3.8, 4) is 0 Å². The van der Waals surface area contributed by atoms with Crippen molar-refractivity contribution in [2.75, 3.05) is 19.5 Å². The summed E-state index contributed by atoms with van der Waals surface area (Å²) in [6.45, 7) is 3.84. The molecular formula is C11H15BNO2. The van der Waals surface area contributed by atoms with Crippen LogP contribution in [0.25, 0.3) is 0 Å². The molecule has 0 aromatic heterocycles. The van der Waals surface area contributed by atoms with E-state index >= 15 is 0 Å². The van der Waals surface area contributed by atoms with Crippen molar-refractivity contribution in [3.05, 3.63) is 23.3 Å². The minimum atomic E-state index is -0.298. The maximum Gasteiger partial charge on any atom is 0.338 e. The van der Waals surface area contributed by atoms with Gasteiger partial charge in [-0.15, -0.1) is 0 Å². The summed E-state index contributed by atoms with van der Waals surface area (Å²) in [5.74, 6) is -0.298. The topological polar surface area (TPSA) is 38.3 Å². The van der Waals surface area contributed by atoms with E-state index in [1.807, 2.05) is 40.2 Å². The zero-order valence-electron chi connectivity index (χ0n) is 9.55. The number of hydrogen-bond donors (Lipinski definition) is 1. The number of esters is 1. The average molecular weight is 204 g/mol. The first-order chi connectivity index (χ1) is 7.13. The first-order valence-corrected chi connectivity index (χ1v) is 4.84. The van der Waals surface area contributed by atoms with E-state index in [1.54, 1.807) is 0 Å². The van der Waals surface area contributed by atoms with E-state index in [9.17, 15) is 4.79 Å². The lowest BCUT2D eigenvalue weighted by atomic mass is 9.72. The fourth-order valence-electron chi connectivity index (χ4n) is 1.48. The lowest BCUT2D eigenvalue weighted by Crippen LogP contribution is -2.17. The number of ether oxygens (including phenoxy) is 1. The molecule has 0 fully saturated rings. The van der Waals surface area contributed by atoms with Crippen LogP contribution < -0.4 is 10.8 Å². The molecule has 79 valence electrons. The Morgan fingerprint density at radius 1 is 1.47 bits per heavy atom. The third-order valence-corrected chi connectivity index (χ3v) is 2.44. The fraction of sp³-hybridized carbons (Fsp3) is 0.364. The molecule has 0 saturated carbocycles. The number of rotatable bonds is 3. The minimum Gasteiger partial charge on any atom is -0.465 e. The Hall–Kier alpha value is -1.45. The molecule has 15 heavy (non-hydrogen) atoms. The number of hydrogen-bond acceptors (Lipinski definition) is 3. The highest BCUT2D eigenvalue weighted by Crippen LogP contribution is 2.17.